The van der Waals surface area contributed by atoms with Crippen LogP contribution < -0.4 is 5.32 Å². The highest BCUT2D eigenvalue weighted by molar-refractivity contribution is 5.89. The first-order chi connectivity index (χ1) is 11.4. The lowest BCUT2D eigenvalue weighted by Crippen LogP contribution is -2.04. The van der Waals surface area contributed by atoms with Gasteiger partial charge in [0.2, 0.25) is 5.78 Å². The third-order valence-corrected chi connectivity index (χ3v) is 3.89. The van der Waals surface area contributed by atoms with E-state index in [9.17, 15) is 0 Å². The first-order valence-corrected chi connectivity index (χ1v) is 7.54. The van der Waals surface area contributed by atoms with E-state index in [1.807, 2.05) is 54.0 Å². The Bertz CT molecular complexity index is 943. The molecule has 2 aromatic heterocycles. The summed E-state index contributed by atoms with van der Waals surface area (Å²) >= 11 is 0. The fourth-order valence-corrected chi connectivity index (χ4v) is 2.87. The first kappa shape index (κ1) is 13.5. The molecule has 0 aliphatic rings. The second-order valence-corrected chi connectivity index (χ2v) is 5.26. The molecule has 0 radical (unpaired) electrons. The minimum Gasteiger partial charge on any atom is -0.374 e. The average Bonchev–Trinajstić information content (AvgIpc) is 3.10. The highest BCUT2D eigenvalue weighted by Crippen LogP contribution is 2.36. The lowest BCUT2D eigenvalue weighted by atomic mass is 9.99. The third-order valence-electron chi connectivity index (χ3n) is 3.89. The van der Waals surface area contributed by atoms with E-state index in [0.717, 1.165) is 28.2 Å². The number of hydrogen-bond acceptors (Lipinski definition) is 3. The molecule has 23 heavy (non-hydrogen) atoms. The minimum atomic E-state index is 0.688. The van der Waals surface area contributed by atoms with Crippen LogP contribution in [0.5, 0.6) is 0 Å². The Morgan fingerprint density at radius 1 is 0.870 bits per heavy atom. The predicted molar refractivity (Wildman–Crippen MR) is 93.4 cm³/mol. The molecule has 1 N–H and O–H groups in total. The van der Waals surface area contributed by atoms with Crippen LogP contribution >= 0.6 is 0 Å². The molecule has 4 heteroatoms. The fourth-order valence-electron chi connectivity index (χ4n) is 2.87. The molecule has 0 atom stereocenters. The van der Waals surface area contributed by atoms with Crippen LogP contribution in [0.1, 0.15) is 0 Å². The van der Waals surface area contributed by atoms with E-state index in [1.165, 1.54) is 0 Å². The number of nitrogens with zero attached hydrogens (tertiary/aromatic N) is 3. The van der Waals surface area contributed by atoms with E-state index in [2.05, 4.69) is 34.6 Å². The summed E-state index contributed by atoms with van der Waals surface area (Å²) in [6.07, 6.45) is 3.70. The van der Waals surface area contributed by atoms with Crippen LogP contribution in [0.3, 0.4) is 0 Å². The number of anilines is 1. The quantitative estimate of drug-likeness (QED) is 0.619. The first-order valence-electron chi connectivity index (χ1n) is 7.54. The van der Waals surface area contributed by atoms with Gasteiger partial charge in [-0.05, 0) is 5.56 Å². The van der Waals surface area contributed by atoms with Gasteiger partial charge >= 0.3 is 0 Å². The van der Waals surface area contributed by atoms with Gasteiger partial charge in [-0.3, -0.25) is 4.40 Å². The van der Waals surface area contributed by atoms with Crippen molar-refractivity contribution in [2.45, 2.75) is 0 Å². The molecule has 4 rings (SSSR count). The molecule has 0 aliphatic carbocycles. The van der Waals surface area contributed by atoms with Crippen molar-refractivity contribution in [1.29, 1.82) is 0 Å². The van der Waals surface area contributed by atoms with Crippen molar-refractivity contribution in [2.75, 3.05) is 12.4 Å². The maximum Gasteiger partial charge on any atom is 0.235 e. The summed E-state index contributed by atoms with van der Waals surface area (Å²) in [6, 6.07) is 20.5. The third kappa shape index (κ3) is 2.25. The molecule has 2 aromatic carbocycles. The zero-order valence-corrected chi connectivity index (χ0v) is 12.8. The number of fused-ring (bicyclic) bond motifs is 1. The van der Waals surface area contributed by atoms with Crippen LogP contribution in [0.25, 0.3) is 28.2 Å². The van der Waals surface area contributed by atoms with Gasteiger partial charge in [0.15, 0.2) is 0 Å². The normalized spacial score (nSPS) is 10.8. The van der Waals surface area contributed by atoms with Gasteiger partial charge in [0.1, 0.15) is 5.82 Å². The van der Waals surface area contributed by atoms with Gasteiger partial charge < -0.3 is 5.32 Å². The summed E-state index contributed by atoms with van der Waals surface area (Å²) < 4.78 is 1.98. The largest absolute Gasteiger partial charge is 0.374 e. The van der Waals surface area contributed by atoms with Crippen molar-refractivity contribution in [1.82, 2.24) is 14.4 Å². The van der Waals surface area contributed by atoms with E-state index < -0.39 is 0 Å². The monoisotopic (exact) mass is 300 g/mol. The number of nitrogens with one attached hydrogen (secondary N) is 1. The molecular formula is C19H16N4. The molecule has 0 unspecified atom stereocenters. The smallest absolute Gasteiger partial charge is 0.235 e. The molecule has 4 aromatic rings. The van der Waals surface area contributed by atoms with Gasteiger partial charge in [-0.15, -0.1) is 0 Å². The molecule has 112 valence electrons. The Morgan fingerprint density at radius 3 is 2.17 bits per heavy atom. The Labute approximate surface area is 134 Å². The zero-order chi connectivity index (χ0) is 15.6. The molecule has 4 nitrogen and oxygen atoms in total. The van der Waals surface area contributed by atoms with Crippen molar-refractivity contribution in [3.63, 3.8) is 0 Å². The van der Waals surface area contributed by atoms with Crippen LogP contribution in [0.4, 0.5) is 5.82 Å². The summed E-state index contributed by atoms with van der Waals surface area (Å²) in [6.45, 7) is 0. The van der Waals surface area contributed by atoms with Gasteiger partial charge in [-0.25, -0.2) is 9.97 Å². The van der Waals surface area contributed by atoms with Crippen molar-refractivity contribution in [2.24, 2.45) is 0 Å². The van der Waals surface area contributed by atoms with E-state index in [0.29, 0.717) is 5.78 Å². The summed E-state index contributed by atoms with van der Waals surface area (Å²) in [4.78, 5) is 9.16. The van der Waals surface area contributed by atoms with Crippen molar-refractivity contribution in [3.8, 4) is 22.4 Å². The number of aromatic nitrogens is 3. The maximum atomic E-state index is 4.80. The summed E-state index contributed by atoms with van der Waals surface area (Å²) in [5, 5.41) is 3.32. The molecule has 0 bridgehead atoms. The Morgan fingerprint density at radius 2 is 1.52 bits per heavy atom. The number of imidazole rings is 1. The SMILES string of the molecule is CNc1c(-c2ccccc2)c(-c2ccccc2)nc2nccn12. The van der Waals surface area contributed by atoms with Gasteiger partial charge in [-0.1, -0.05) is 60.7 Å². The van der Waals surface area contributed by atoms with Gasteiger partial charge in [-0.2, -0.15) is 0 Å². The number of rotatable bonds is 3. The topological polar surface area (TPSA) is 42.2 Å². The molecule has 0 spiro atoms. The predicted octanol–water partition coefficient (Wildman–Crippen LogP) is 4.11. The van der Waals surface area contributed by atoms with Crippen molar-refractivity contribution < 1.29 is 0 Å². The number of benzene rings is 2. The van der Waals surface area contributed by atoms with E-state index in [4.69, 9.17) is 4.98 Å². The Kier molecular flexibility index (Phi) is 3.27. The van der Waals surface area contributed by atoms with E-state index >= 15 is 0 Å². The van der Waals surface area contributed by atoms with Gasteiger partial charge in [0, 0.05) is 30.6 Å². The molecule has 2 heterocycles. The fraction of sp³-hybridized carbons (Fsp3) is 0.0526. The standard InChI is InChI=1S/C19H16N4/c1-20-18-16(14-8-4-2-5-9-14)17(15-10-6-3-7-11-15)22-19-21-12-13-23(18)19/h2-13,20H,1H3. The second-order valence-electron chi connectivity index (χ2n) is 5.26. The van der Waals surface area contributed by atoms with Crippen LogP contribution in [0, 0.1) is 0 Å². The lowest BCUT2D eigenvalue weighted by Gasteiger charge is -2.16. The van der Waals surface area contributed by atoms with Crippen LogP contribution in [-0.2, 0) is 0 Å². The molecule has 0 saturated heterocycles. The molecule has 0 fully saturated rings. The van der Waals surface area contributed by atoms with Crippen molar-refractivity contribution in [3.05, 3.63) is 73.1 Å². The lowest BCUT2D eigenvalue weighted by molar-refractivity contribution is 1.11. The van der Waals surface area contributed by atoms with E-state index in [-0.39, 0.29) is 0 Å². The average molecular weight is 300 g/mol. The molecule has 0 amide bonds. The molecular weight excluding hydrogens is 284 g/mol. The second kappa shape index (κ2) is 5.57. The Hall–Kier alpha value is -3.14. The molecule has 0 saturated carbocycles. The van der Waals surface area contributed by atoms with Crippen molar-refractivity contribution >= 4 is 11.6 Å². The van der Waals surface area contributed by atoms with Crippen LogP contribution in [0.15, 0.2) is 73.1 Å². The Balaban J connectivity index is 2.12. The van der Waals surface area contributed by atoms with Gasteiger partial charge in [0.25, 0.3) is 0 Å². The summed E-state index contributed by atoms with van der Waals surface area (Å²) in [5.41, 5.74) is 4.21. The van der Waals surface area contributed by atoms with Crippen LogP contribution in [-0.4, -0.2) is 21.4 Å². The highest BCUT2D eigenvalue weighted by Gasteiger charge is 2.17. The van der Waals surface area contributed by atoms with E-state index in [1.54, 1.807) is 6.20 Å². The minimum absolute atomic E-state index is 0.688. The van der Waals surface area contributed by atoms with Crippen LogP contribution in [0.2, 0.25) is 0 Å². The molecule has 0 aliphatic heterocycles. The zero-order valence-electron chi connectivity index (χ0n) is 12.8. The maximum absolute atomic E-state index is 4.80. The summed E-state index contributed by atoms with van der Waals surface area (Å²) in [5.74, 6) is 1.67. The summed E-state index contributed by atoms with van der Waals surface area (Å²) in [7, 11) is 1.93. The number of hydrogen-bond donors (Lipinski definition) is 1. The van der Waals surface area contributed by atoms with Gasteiger partial charge in [0.05, 0.1) is 5.69 Å². The highest BCUT2D eigenvalue weighted by atomic mass is 15.2.